The molecule has 4 unspecified atom stereocenters. The molecule has 53 heavy (non-hydrogen) atoms. The predicted octanol–water partition coefficient (Wildman–Crippen LogP) is 6.22. The number of hydrogen-bond donors (Lipinski definition) is 3. The summed E-state index contributed by atoms with van der Waals surface area (Å²) in [6, 6.07) is 25.7. The molecule has 3 aromatic carbocycles. The summed E-state index contributed by atoms with van der Waals surface area (Å²) in [5.74, 6) is -2.89. The van der Waals surface area contributed by atoms with Crippen molar-refractivity contribution >= 4 is 59.5 Å². The highest BCUT2D eigenvalue weighted by atomic mass is 32.2. The molecule has 0 saturated carbocycles. The number of likely N-dealkylation sites (N-methyl/N-ethyl adjacent to an activating group) is 1. The van der Waals surface area contributed by atoms with Crippen molar-refractivity contribution in [1.29, 1.82) is 0 Å². The Hall–Kier alpha value is -4.86. The van der Waals surface area contributed by atoms with Crippen molar-refractivity contribution in [2.75, 3.05) is 30.9 Å². The monoisotopic (exact) mass is 771 g/mol. The number of thiophene rings is 1. The molecule has 0 bridgehead atoms. The lowest BCUT2D eigenvalue weighted by atomic mass is 9.84. The van der Waals surface area contributed by atoms with Crippen molar-refractivity contribution in [3.05, 3.63) is 142 Å². The zero-order chi connectivity index (χ0) is 37.5. The van der Waals surface area contributed by atoms with Gasteiger partial charge >= 0.3 is 0 Å². The number of aliphatic hydroxyl groups is 1. The van der Waals surface area contributed by atoms with Gasteiger partial charge in [-0.25, -0.2) is 17.8 Å². The first-order valence-electron chi connectivity index (χ1n) is 16.8. The molecule has 3 aromatic heterocycles. The standard InChI is InChI=1S/C39H38FN5O5S3/c1-25(23-53(49,50)28-13-14-31-34(19-28)51-24-43-31)20-42-32(22-46)33-15-16-35(52-33)45(2)39(48)37(44-38(47)27-11-7-4-8-12-27)36(26-9-5-3-6-10-26)29-17-18-41-21-30(29)40/h3-19,21,24-25,32,36-37,42,46H,20,22-23H2,1-2H3,(H,44,47). The van der Waals surface area contributed by atoms with E-state index in [2.05, 4.69) is 20.6 Å². The highest BCUT2D eigenvalue weighted by Crippen LogP contribution is 2.34. The number of amides is 2. The molecule has 3 heterocycles. The Kier molecular flexibility index (Phi) is 12.1. The summed E-state index contributed by atoms with van der Waals surface area (Å²) in [5, 5.41) is 17.1. The molecule has 0 spiro atoms. The topological polar surface area (TPSA) is 142 Å². The van der Waals surface area contributed by atoms with E-state index in [4.69, 9.17) is 0 Å². The molecule has 10 nitrogen and oxygen atoms in total. The van der Waals surface area contributed by atoms with Crippen LogP contribution in [0, 0.1) is 11.7 Å². The Bertz CT molecular complexity index is 2280. The third-order valence-electron chi connectivity index (χ3n) is 8.90. The average Bonchev–Trinajstić information content (AvgIpc) is 3.86. The first-order valence-corrected chi connectivity index (χ1v) is 20.2. The number of nitrogens with one attached hydrogen (secondary N) is 2. The molecule has 14 heteroatoms. The molecule has 0 aliphatic carbocycles. The van der Waals surface area contributed by atoms with E-state index >= 15 is 4.39 Å². The number of pyridine rings is 1. The van der Waals surface area contributed by atoms with Gasteiger partial charge in [0.05, 0.1) is 50.2 Å². The van der Waals surface area contributed by atoms with Gasteiger partial charge < -0.3 is 20.6 Å². The summed E-state index contributed by atoms with van der Waals surface area (Å²) in [5.41, 5.74) is 3.59. The Morgan fingerprint density at radius 1 is 0.981 bits per heavy atom. The quantitative estimate of drug-likeness (QED) is 0.112. The van der Waals surface area contributed by atoms with Crippen LogP contribution in [0.4, 0.5) is 9.39 Å². The maximum Gasteiger partial charge on any atom is 0.251 e. The number of aromatic nitrogens is 2. The van der Waals surface area contributed by atoms with Gasteiger partial charge in [0.1, 0.15) is 11.9 Å². The number of benzene rings is 3. The minimum atomic E-state index is -3.57. The summed E-state index contributed by atoms with van der Waals surface area (Å²) in [7, 11) is -1.99. The number of carbonyl (C=O) groups is 2. The number of anilines is 1. The molecule has 6 aromatic rings. The number of aliphatic hydroxyl groups excluding tert-OH is 1. The molecular formula is C39H38FN5O5S3. The van der Waals surface area contributed by atoms with E-state index in [1.807, 2.05) is 13.0 Å². The maximum absolute atomic E-state index is 15.5. The van der Waals surface area contributed by atoms with Gasteiger partial charge in [0, 0.05) is 35.2 Å². The molecule has 6 rings (SSSR count). The maximum atomic E-state index is 15.5. The molecule has 3 N–H and O–H groups in total. The van der Waals surface area contributed by atoms with Crippen LogP contribution in [0.15, 0.2) is 120 Å². The van der Waals surface area contributed by atoms with E-state index in [0.29, 0.717) is 22.7 Å². The Labute approximate surface area is 315 Å². The lowest BCUT2D eigenvalue weighted by Crippen LogP contribution is -2.51. The highest BCUT2D eigenvalue weighted by Gasteiger charge is 2.37. The van der Waals surface area contributed by atoms with Gasteiger partial charge in [0.25, 0.3) is 11.8 Å². The molecule has 0 aliphatic rings. The number of hydrogen-bond acceptors (Lipinski definition) is 10. The molecule has 0 fully saturated rings. The second-order valence-electron chi connectivity index (χ2n) is 12.7. The van der Waals surface area contributed by atoms with Crippen LogP contribution in [0.1, 0.15) is 45.2 Å². The minimum Gasteiger partial charge on any atom is -0.394 e. The van der Waals surface area contributed by atoms with Gasteiger partial charge in [-0.1, -0.05) is 55.5 Å². The normalized spacial score (nSPS) is 14.0. The fraction of sp³-hybridized carbons (Fsp3) is 0.231. The van der Waals surface area contributed by atoms with Gasteiger partial charge in [-0.15, -0.1) is 22.7 Å². The van der Waals surface area contributed by atoms with Crippen molar-refractivity contribution < 1.29 is 27.5 Å². The number of nitrogens with zero attached hydrogens (tertiary/aromatic N) is 3. The van der Waals surface area contributed by atoms with Crippen molar-refractivity contribution in [2.24, 2.45) is 5.92 Å². The number of sulfone groups is 1. The second kappa shape index (κ2) is 16.9. The zero-order valence-corrected chi connectivity index (χ0v) is 31.4. The van der Waals surface area contributed by atoms with Gasteiger partial charge in [-0.2, -0.15) is 0 Å². The average molecular weight is 772 g/mol. The SMILES string of the molecule is CC(CNC(CO)c1ccc(N(C)C(=O)C(NC(=O)c2ccccc2)C(c2ccccc2)c2ccncc2F)s1)CS(=O)(=O)c1ccc2ncsc2c1. The summed E-state index contributed by atoms with van der Waals surface area (Å²) in [6.45, 7) is 1.86. The molecule has 4 atom stereocenters. The third kappa shape index (κ3) is 8.86. The molecule has 0 radical (unpaired) electrons. The van der Waals surface area contributed by atoms with E-state index in [-0.39, 0.29) is 28.7 Å². The van der Waals surface area contributed by atoms with E-state index in [1.54, 1.807) is 97.5 Å². The lowest BCUT2D eigenvalue weighted by Gasteiger charge is -2.31. The Balaban J connectivity index is 1.21. The Morgan fingerprint density at radius 2 is 1.72 bits per heavy atom. The van der Waals surface area contributed by atoms with Gasteiger partial charge in [-0.05, 0) is 66.6 Å². The van der Waals surface area contributed by atoms with Crippen LogP contribution in [0.3, 0.4) is 0 Å². The van der Waals surface area contributed by atoms with E-state index in [0.717, 1.165) is 21.3 Å². The molecule has 274 valence electrons. The summed E-state index contributed by atoms with van der Waals surface area (Å²) in [6.07, 6.45) is 2.53. The number of fused-ring (bicyclic) bond motifs is 1. The fourth-order valence-corrected chi connectivity index (χ4v) is 9.60. The second-order valence-corrected chi connectivity index (χ2v) is 16.7. The van der Waals surface area contributed by atoms with Crippen LogP contribution in [0.5, 0.6) is 0 Å². The molecule has 0 aliphatic heterocycles. The van der Waals surface area contributed by atoms with Crippen LogP contribution < -0.4 is 15.5 Å². The van der Waals surface area contributed by atoms with Crippen molar-refractivity contribution in [1.82, 2.24) is 20.6 Å². The molecule has 2 amide bonds. The predicted molar refractivity (Wildman–Crippen MR) is 207 cm³/mol. The summed E-state index contributed by atoms with van der Waals surface area (Å²) in [4.78, 5) is 38.6. The highest BCUT2D eigenvalue weighted by molar-refractivity contribution is 7.91. The molecular weight excluding hydrogens is 734 g/mol. The lowest BCUT2D eigenvalue weighted by molar-refractivity contribution is -0.120. The first-order chi connectivity index (χ1) is 25.6. The van der Waals surface area contributed by atoms with Crippen LogP contribution in [0.25, 0.3) is 10.2 Å². The van der Waals surface area contributed by atoms with Gasteiger partial charge in [0.2, 0.25) is 0 Å². The number of carbonyl (C=O) groups excluding carboxylic acids is 2. The zero-order valence-electron chi connectivity index (χ0n) is 28.9. The van der Waals surface area contributed by atoms with Crippen LogP contribution in [0.2, 0.25) is 0 Å². The number of rotatable bonds is 15. The van der Waals surface area contributed by atoms with E-state index in [1.165, 1.54) is 39.8 Å². The van der Waals surface area contributed by atoms with E-state index < -0.39 is 45.5 Å². The van der Waals surface area contributed by atoms with Crippen LogP contribution >= 0.6 is 22.7 Å². The smallest absolute Gasteiger partial charge is 0.251 e. The van der Waals surface area contributed by atoms with Gasteiger partial charge in [0.15, 0.2) is 9.84 Å². The number of halogens is 1. The van der Waals surface area contributed by atoms with Crippen LogP contribution in [-0.4, -0.2) is 67.3 Å². The first kappa shape index (κ1) is 37.9. The van der Waals surface area contributed by atoms with E-state index in [9.17, 15) is 23.1 Å². The van der Waals surface area contributed by atoms with Gasteiger partial charge in [-0.3, -0.25) is 14.6 Å². The summed E-state index contributed by atoms with van der Waals surface area (Å²) < 4.78 is 42.7. The van der Waals surface area contributed by atoms with Crippen molar-refractivity contribution in [3.8, 4) is 0 Å². The largest absolute Gasteiger partial charge is 0.394 e. The molecule has 0 saturated heterocycles. The van der Waals surface area contributed by atoms with Crippen molar-refractivity contribution in [2.45, 2.75) is 29.8 Å². The third-order valence-corrected chi connectivity index (χ3v) is 12.9. The Morgan fingerprint density at radius 3 is 2.43 bits per heavy atom. The fourth-order valence-electron chi connectivity index (χ4n) is 6.14. The number of thiazole rings is 1. The van der Waals surface area contributed by atoms with Crippen molar-refractivity contribution in [3.63, 3.8) is 0 Å². The minimum absolute atomic E-state index is 0.0911. The summed E-state index contributed by atoms with van der Waals surface area (Å²) >= 11 is 2.65. The van der Waals surface area contributed by atoms with Crippen LogP contribution in [-0.2, 0) is 14.6 Å².